The molecular weight excluding hydrogens is 472 g/mol. The highest BCUT2D eigenvalue weighted by molar-refractivity contribution is 8.18. The Morgan fingerprint density at radius 2 is 1.86 bits per heavy atom. The molecule has 10 heteroatoms. The summed E-state index contributed by atoms with van der Waals surface area (Å²) in [6.07, 6.45) is 2.88. The van der Waals surface area contributed by atoms with Gasteiger partial charge in [0.15, 0.2) is 11.5 Å². The molecule has 3 amide bonds. The van der Waals surface area contributed by atoms with Gasteiger partial charge >= 0.3 is 5.97 Å². The van der Waals surface area contributed by atoms with Gasteiger partial charge in [-0.3, -0.25) is 19.3 Å². The molecule has 0 bridgehead atoms. The Kier molecular flexibility index (Phi) is 7.32. The second-order valence-corrected chi connectivity index (χ2v) is 8.18. The number of imide groups is 1. The lowest BCUT2D eigenvalue weighted by atomic mass is 10.2. The van der Waals surface area contributed by atoms with Gasteiger partial charge in [-0.2, -0.15) is 0 Å². The van der Waals surface area contributed by atoms with Crippen LogP contribution in [0.2, 0.25) is 0 Å². The van der Waals surface area contributed by atoms with Crippen molar-refractivity contribution in [3.63, 3.8) is 0 Å². The highest BCUT2D eigenvalue weighted by atomic mass is 32.2. The quantitative estimate of drug-likeness (QED) is 0.276. The van der Waals surface area contributed by atoms with E-state index in [0.29, 0.717) is 17.9 Å². The summed E-state index contributed by atoms with van der Waals surface area (Å²) in [4.78, 5) is 50.7. The summed E-state index contributed by atoms with van der Waals surface area (Å²) in [5.74, 6) is -1.24. The standard InChI is InChI=1S/C25H20N2O7S/c1-2-32-20-13-16(10-11-18(20)34-24(30)19-9-6-12-33-19)14-21-23(29)27(25(31)35-21)15-22(28)26-17-7-4-3-5-8-17/h3-14H,2,15H2,1H3,(H,26,28)/b21-14-. The Bertz CT molecular complexity index is 1290. The molecule has 1 saturated heterocycles. The minimum absolute atomic E-state index is 0.0431. The minimum Gasteiger partial charge on any atom is -0.490 e. The Balaban J connectivity index is 1.47. The maximum Gasteiger partial charge on any atom is 0.379 e. The van der Waals surface area contributed by atoms with E-state index < -0.39 is 29.6 Å². The van der Waals surface area contributed by atoms with Gasteiger partial charge in [0, 0.05) is 5.69 Å². The number of benzene rings is 2. The summed E-state index contributed by atoms with van der Waals surface area (Å²) in [5.41, 5.74) is 1.11. The minimum atomic E-state index is -0.682. The first kappa shape index (κ1) is 23.8. The monoisotopic (exact) mass is 492 g/mol. The molecule has 1 aromatic heterocycles. The number of thioether (sulfide) groups is 1. The Hall–Kier alpha value is -4.31. The fourth-order valence-corrected chi connectivity index (χ4v) is 4.00. The first-order valence-electron chi connectivity index (χ1n) is 10.6. The van der Waals surface area contributed by atoms with Gasteiger partial charge in [-0.15, -0.1) is 0 Å². The summed E-state index contributed by atoms with van der Waals surface area (Å²) < 4.78 is 16.0. The van der Waals surface area contributed by atoms with E-state index in [1.54, 1.807) is 49.4 Å². The van der Waals surface area contributed by atoms with E-state index in [4.69, 9.17) is 13.9 Å². The van der Waals surface area contributed by atoms with Crippen LogP contribution in [0, 0.1) is 0 Å². The van der Waals surface area contributed by atoms with Crippen LogP contribution >= 0.6 is 11.8 Å². The van der Waals surface area contributed by atoms with E-state index in [1.807, 2.05) is 6.07 Å². The average Bonchev–Trinajstić information content (AvgIpc) is 3.47. The van der Waals surface area contributed by atoms with Crippen molar-refractivity contribution in [1.29, 1.82) is 0 Å². The third-order valence-electron chi connectivity index (χ3n) is 4.72. The summed E-state index contributed by atoms with van der Waals surface area (Å²) in [5, 5.41) is 2.11. The van der Waals surface area contributed by atoms with Crippen LogP contribution in [-0.4, -0.2) is 41.1 Å². The fourth-order valence-electron chi connectivity index (χ4n) is 3.17. The number of nitrogens with one attached hydrogen (secondary N) is 1. The number of carbonyl (C=O) groups is 4. The molecule has 0 aliphatic carbocycles. The maximum atomic E-state index is 12.8. The molecule has 1 N–H and O–H groups in total. The van der Waals surface area contributed by atoms with Crippen molar-refractivity contribution in [2.75, 3.05) is 18.5 Å². The number of ether oxygens (including phenoxy) is 2. The predicted octanol–water partition coefficient (Wildman–Crippen LogP) is 4.57. The van der Waals surface area contributed by atoms with Crippen LogP contribution in [-0.2, 0) is 9.59 Å². The van der Waals surface area contributed by atoms with Gasteiger partial charge in [0.05, 0.1) is 17.8 Å². The third kappa shape index (κ3) is 5.79. The van der Waals surface area contributed by atoms with E-state index in [0.717, 1.165) is 16.7 Å². The molecule has 4 rings (SSSR count). The molecule has 2 heterocycles. The number of hydrogen-bond acceptors (Lipinski definition) is 8. The number of furan rings is 1. The molecule has 178 valence electrons. The van der Waals surface area contributed by atoms with Gasteiger partial charge in [0.2, 0.25) is 11.7 Å². The highest BCUT2D eigenvalue weighted by Gasteiger charge is 2.36. The maximum absolute atomic E-state index is 12.8. The van der Waals surface area contributed by atoms with Gasteiger partial charge in [-0.1, -0.05) is 24.3 Å². The summed E-state index contributed by atoms with van der Waals surface area (Å²) >= 11 is 0.737. The van der Waals surface area contributed by atoms with E-state index in [2.05, 4.69) is 5.32 Å². The second-order valence-electron chi connectivity index (χ2n) is 7.19. The molecule has 9 nitrogen and oxygen atoms in total. The van der Waals surface area contributed by atoms with Crippen molar-refractivity contribution in [2.45, 2.75) is 6.92 Å². The Labute approximate surface area is 204 Å². The fraction of sp³-hybridized carbons (Fsp3) is 0.120. The SMILES string of the molecule is CCOc1cc(/C=C2\SC(=O)N(CC(=O)Nc3ccccc3)C2=O)ccc1OC(=O)c1ccco1. The van der Waals surface area contributed by atoms with Crippen LogP contribution in [0.5, 0.6) is 11.5 Å². The zero-order chi connectivity index (χ0) is 24.8. The molecule has 0 spiro atoms. The normalized spacial score (nSPS) is 14.3. The van der Waals surface area contributed by atoms with Crippen molar-refractivity contribution in [3.05, 3.63) is 83.2 Å². The first-order valence-corrected chi connectivity index (χ1v) is 11.4. The van der Waals surface area contributed by atoms with Gasteiger partial charge < -0.3 is 19.2 Å². The molecule has 2 aromatic carbocycles. The molecule has 3 aromatic rings. The molecule has 0 saturated carbocycles. The largest absolute Gasteiger partial charge is 0.490 e. The number of esters is 1. The van der Waals surface area contributed by atoms with Crippen molar-refractivity contribution < 1.29 is 33.1 Å². The Morgan fingerprint density at radius 3 is 2.57 bits per heavy atom. The number of hydrogen-bond donors (Lipinski definition) is 1. The highest BCUT2D eigenvalue weighted by Crippen LogP contribution is 2.35. The number of rotatable bonds is 8. The average molecular weight is 493 g/mol. The second kappa shape index (κ2) is 10.7. The molecule has 0 radical (unpaired) electrons. The number of amides is 3. The van der Waals surface area contributed by atoms with E-state index in [1.165, 1.54) is 24.5 Å². The van der Waals surface area contributed by atoms with E-state index in [-0.39, 0.29) is 22.2 Å². The number of nitrogens with zero attached hydrogens (tertiary/aromatic N) is 1. The molecule has 35 heavy (non-hydrogen) atoms. The number of carbonyl (C=O) groups excluding carboxylic acids is 4. The summed E-state index contributed by atoms with van der Waals surface area (Å²) in [7, 11) is 0. The van der Waals surface area contributed by atoms with E-state index >= 15 is 0 Å². The summed E-state index contributed by atoms with van der Waals surface area (Å²) in [6, 6.07) is 16.5. The predicted molar refractivity (Wildman–Crippen MR) is 129 cm³/mol. The topological polar surface area (TPSA) is 115 Å². The van der Waals surface area contributed by atoms with Crippen molar-refractivity contribution >= 4 is 46.5 Å². The lowest BCUT2D eigenvalue weighted by Gasteiger charge is -2.12. The van der Waals surface area contributed by atoms with Gasteiger partial charge in [-0.05, 0) is 66.7 Å². The zero-order valence-corrected chi connectivity index (χ0v) is 19.4. The lowest BCUT2D eigenvalue weighted by Crippen LogP contribution is -2.36. The smallest absolute Gasteiger partial charge is 0.379 e. The molecular formula is C25H20N2O7S. The van der Waals surface area contributed by atoms with Crippen LogP contribution in [0.1, 0.15) is 23.0 Å². The number of para-hydroxylation sites is 1. The van der Waals surface area contributed by atoms with E-state index in [9.17, 15) is 19.2 Å². The molecule has 1 fully saturated rings. The Morgan fingerprint density at radius 1 is 1.06 bits per heavy atom. The van der Waals surface area contributed by atoms with Crippen LogP contribution < -0.4 is 14.8 Å². The van der Waals surface area contributed by atoms with Crippen LogP contribution in [0.25, 0.3) is 6.08 Å². The van der Waals surface area contributed by atoms with Crippen molar-refractivity contribution in [1.82, 2.24) is 4.90 Å². The third-order valence-corrected chi connectivity index (χ3v) is 5.63. The first-order chi connectivity index (χ1) is 16.9. The molecule has 1 aliphatic heterocycles. The summed E-state index contributed by atoms with van der Waals surface area (Å²) in [6.45, 7) is 1.68. The number of anilines is 1. The lowest BCUT2D eigenvalue weighted by molar-refractivity contribution is -0.127. The van der Waals surface area contributed by atoms with Crippen molar-refractivity contribution in [2.24, 2.45) is 0 Å². The molecule has 1 aliphatic rings. The van der Waals surface area contributed by atoms with Crippen LogP contribution in [0.3, 0.4) is 0 Å². The zero-order valence-electron chi connectivity index (χ0n) is 18.6. The van der Waals surface area contributed by atoms with Crippen LogP contribution in [0.15, 0.2) is 76.2 Å². The van der Waals surface area contributed by atoms with Gasteiger partial charge in [0.1, 0.15) is 6.54 Å². The van der Waals surface area contributed by atoms with Gasteiger partial charge in [0.25, 0.3) is 11.1 Å². The molecule has 0 unspecified atom stereocenters. The van der Waals surface area contributed by atoms with Crippen LogP contribution in [0.4, 0.5) is 10.5 Å². The van der Waals surface area contributed by atoms with Crippen molar-refractivity contribution in [3.8, 4) is 11.5 Å². The van der Waals surface area contributed by atoms with Gasteiger partial charge in [-0.25, -0.2) is 4.79 Å². The molecule has 0 atom stereocenters.